The highest BCUT2D eigenvalue weighted by Gasteiger charge is 2.28. The van der Waals surface area contributed by atoms with Gasteiger partial charge in [-0.2, -0.15) is 0 Å². The van der Waals surface area contributed by atoms with Crippen molar-refractivity contribution in [2.75, 3.05) is 37.8 Å². The predicted octanol–water partition coefficient (Wildman–Crippen LogP) is 2.22. The van der Waals surface area contributed by atoms with Gasteiger partial charge in [-0.25, -0.2) is 0 Å². The maximum absolute atomic E-state index is 12.2. The van der Waals surface area contributed by atoms with Crippen molar-refractivity contribution in [2.45, 2.75) is 12.8 Å². The smallest absolute Gasteiger partial charge is 0.226 e. The molecule has 0 bridgehead atoms. The van der Waals surface area contributed by atoms with Crippen molar-refractivity contribution in [3.8, 4) is 0 Å². The third kappa shape index (κ3) is 3.29. The van der Waals surface area contributed by atoms with Crippen molar-refractivity contribution in [2.24, 2.45) is 5.92 Å². The van der Waals surface area contributed by atoms with E-state index in [0.717, 1.165) is 25.1 Å². The number of halogens is 1. The highest BCUT2D eigenvalue weighted by Crippen LogP contribution is 2.32. The van der Waals surface area contributed by atoms with Crippen LogP contribution in [0.5, 0.6) is 0 Å². The Morgan fingerprint density at radius 2 is 2.24 bits per heavy atom. The Balaban J connectivity index is 2.30. The Bertz CT molecular complexity index is 559. The number of nitrogens with one attached hydrogen (secondary N) is 1. The molecule has 1 aromatic rings. The second-order valence-corrected chi connectivity index (χ2v) is 6.03. The number of rotatable bonds is 3. The second kappa shape index (κ2) is 6.35. The van der Waals surface area contributed by atoms with Crippen molar-refractivity contribution in [1.29, 1.82) is 5.41 Å². The molecule has 1 aliphatic rings. The monoisotopic (exact) mass is 308 g/mol. The summed E-state index contributed by atoms with van der Waals surface area (Å²) >= 11 is 6.09. The Morgan fingerprint density at radius 3 is 2.86 bits per heavy atom. The molecule has 1 amide bonds. The summed E-state index contributed by atoms with van der Waals surface area (Å²) < 4.78 is 0. The van der Waals surface area contributed by atoms with Crippen LogP contribution in [0.4, 0.5) is 11.4 Å². The van der Waals surface area contributed by atoms with Gasteiger partial charge in [-0.05, 0) is 25.0 Å². The summed E-state index contributed by atoms with van der Waals surface area (Å²) in [5, 5.41) is 8.12. The molecule has 1 fully saturated rings. The largest absolute Gasteiger partial charge is 0.398 e. The summed E-state index contributed by atoms with van der Waals surface area (Å²) in [6.07, 6.45) is 3.08. The third-order valence-corrected chi connectivity index (χ3v) is 4.07. The maximum Gasteiger partial charge on any atom is 0.226 e. The fraction of sp³-hybridized carbons (Fsp3) is 0.467. The Morgan fingerprint density at radius 1 is 1.52 bits per heavy atom. The van der Waals surface area contributed by atoms with Gasteiger partial charge in [0.25, 0.3) is 0 Å². The molecule has 3 N–H and O–H groups in total. The van der Waals surface area contributed by atoms with Gasteiger partial charge in [0.15, 0.2) is 0 Å². The minimum Gasteiger partial charge on any atom is -0.398 e. The van der Waals surface area contributed by atoms with Crippen molar-refractivity contribution in [1.82, 2.24) is 4.90 Å². The molecule has 0 saturated carbocycles. The van der Waals surface area contributed by atoms with Crippen LogP contribution in [0.15, 0.2) is 12.1 Å². The van der Waals surface area contributed by atoms with Gasteiger partial charge in [0.05, 0.1) is 5.92 Å². The van der Waals surface area contributed by atoms with E-state index in [4.69, 9.17) is 22.7 Å². The van der Waals surface area contributed by atoms with E-state index in [2.05, 4.69) is 4.90 Å². The van der Waals surface area contributed by atoms with Crippen molar-refractivity contribution < 1.29 is 4.79 Å². The van der Waals surface area contributed by atoms with Gasteiger partial charge in [0, 0.05) is 55.4 Å². The minimum absolute atomic E-state index is 0.0208. The summed E-state index contributed by atoms with van der Waals surface area (Å²) in [5.74, 6) is 0.124. The molecule has 2 rings (SSSR count). The number of carbonyl (C=O) groups is 1. The summed E-state index contributed by atoms with van der Waals surface area (Å²) in [7, 11) is 3.56. The number of benzene rings is 1. The topological polar surface area (TPSA) is 73.4 Å². The number of nitrogens with two attached hydrogens (primary N) is 1. The van der Waals surface area contributed by atoms with E-state index in [1.54, 1.807) is 25.1 Å². The number of nitrogens with zero attached hydrogens (tertiary/aromatic N) is 2. The summed E-state index contributed by atoms with van der Waals surface area (Å²) in [6, 6.07) is 3.47. The van der Waals surface area contributed by atoms with Gasteiger partial charge in [-0.1, -0.05) is 11.6 Å². The van der Waals surface area contributed by atoms with Gasteiger partial charge >= 0.3 is 0 Å². The lowest BCUT2D eigenvalue weighted by atomic mass is 9.95. The first-order valence-corrected chi connectivity index (χ1v) is 7.37. The zero-order valence-corrected chi connectivity index (χ0v) is 13.2. The van der Waals surface area contributed by atoms with Crippen LogP contribution in [0.3, 0.4) is 0 Å². The van der Waals surface area contributed by atoms with Gasteiger partial charge in [-0.3, -0.25) is 4.79 Å². The number of nitrogen functional groups attached to an aromatic ring is 1. The highest BCUT2D eigenvalue weighted by atomic mass is 35.5. The zero-order valence-electron chi connectivity index (χ0n) is 12.4. The van der Waals surface area contributed by atoms with E-state index in [1.165, 1.54) is 6.21 Å². The number of hydrogen-bond donors (Lipinski definition) is 2. The molecule has 6 heteroatoms. The molecule has 1 unspecified atom stereocenters. The van der Waals surface area contributed by atoms with E-state index in [9.17, 15) is 4.79 Å². The Kier molecular flexibility index (Phi) is 4.73. The van der Waals surface area contributed by atoms with Crippen LogP contribution in [-0.4, -0.2) is 44.2 Å². The normalized spacial score (nSPS) is 18.4. The molecular formula is C15H21ClN4O. The van der Waals surface area contributed by atoms with Crippen LogP contribution in [0.1, 0.15) is 18.4 Å². The van der Waals surface area contributed by atoms with Gasteiger partial charge in [-0.15, -0.1) is 0 Å². The van der Waals surface area contributed by atoms with Crippen LogP contribution in [0, 0.1) is 11.3 Å². The quantitative estimate of drug-likeness (QED) is 0.664. The number of anilines is 2. The molecule has 0 aliphatic carbocycles. The fourth-order valence-corrected chi connectivity index (χ4v) is 3.03. The van der Waals surface area contributed by atoms with E-state index >= 15 is 0 Å². The summed E-state index contributed by atoms with van der Waals surface area (Å²) in [5.41, 5.74) is 7.94. The van der Waals surface area contributed by atoms with Crippen LogP contribution >= 0.6 is 11.6 Å². The van der Waals surface area contributed by atoms with Crippen LogP contribution in [0.2, 0.25) is 5.02 Å². The average molecular weight is 309 g/mol. The third-order valence-electron chi connectivity index (χ3n) is 3.85. The standard InChI is InChI=1S/C15H21ClN4O/c1-19(2)15(21)10-4-3-5-20(9-10)14-7-11(16)6-13(18)12(14)8-17/h6-8,10,17H,3-5,9,18H2,1-2H3. The van der Waals surface area contributed by atoms with Gasteiger partial charge in [0.2, 0.25) is 5.91 Å². The molecule has 1 heterocycles. The summed E-state index contributed by atoms with van der Waals surface area (Å²) in [6.45, 7) is 1.48. The lowest BCUT2D eigenvalue weighted by Crippen LogP contribution is -2.43. The zero-order chi connectivity index (χ0) is 15.6. The van der Waals surface area contributed by atoms with E-state index in [1.807, 2.05) is 6.07 Å². The Hall–Kier alpha value is -1.75. The first-order valence-electron chi connectivity index (χ1n) is 6.99. The molecule has 1 atom stereocenters. The van der Waals surface area contributed by atoms with Crippen molar-refractivity contribution in [3.63, 3.8) is 0 Å². The van der Waals surface area contributed by atoms with Gasteiger partial charge in [0.1, 0.15) is 0 Å². The van der Waals surface area contributed by atoms with E-state index < -0.39 is 0 Å². The Labute approximate surface area is 130 Å². The molecule has 0 aromatic heterocycles. The van der Waals surface area contributed by atoms with Crippen LogP contribution < -0.4 is 10.6 Å². The number of amides is 1. The first-order chi connectivity index (χ1) is 9.93. The lowest BCUT2D eigenvalue weighted by Gasteiger charge is -2.35. The molecule has 21 heavy (non-hydrogen) atoms. The maximum atomic E-state index is 12.2. The molecule has 0 radical (unpaired) electrons. The van der Waals surface area contributed by atoms with E-state index in [-0.39, 0.29) is 11.8 Å². The van der Waals surface area contributed by atoms with Crippen LogP contribution in [0.25, 0.3) is 0 Å². The summed E-state index contributed by atoms with van der Waals surface area (Å²) in [4.78, 5) is 15.9. The fourth-order valence-electron chi connectivity index (χ4n) is 2.81. The first kappa shape index (κ1) is 15.6. The molecule has 1 aromatic carbocycles. The molecule has 1 saturated heterocycles. The minimum atomic E-state index is -0.0208. The SMILES string of the molecule is CN(C)C(=O)C1CCCN(c2cc(Cl)cc(N)c2C=N)C1. The van der Waals surface area contributed by atoms with Crippen LogP contribution in [-0.2, 0) is 4.79 Å². The second-order valence-electron chi connectivity index (χ2n) is 5.59. The molecule has 0 spiro atoms. The average Bonchev–Trinajstić information content (AvgIpc) is 2.45. The van der Waals surface area contributed by atoms with E-state index in [0.29, 0.717) is 22.8 Å². The molecular weight excluding hydrogens is 288 g/mol. The molecule has 5 nitrogen and oxygen atoms in total. The van der Waals surface area contributed by atoms with Crippen molar-refractivity contribution in [3.05, 3.63) is 22.7 Å². The lowest BCUT2D eigenvalue weighted by molar-refractivity contribution is -0.133. The molecule has 114 valence electrons. The van der Waals surface area contributed by atoms with Gasteiger partial charge < -0.3 is 20.9 Å². The predicted molar refractivity (Wildman–Crippen MR) is 87.4 cm³/mol. The number of carbonyl (C=O) groups excluding carboxylic acids is 1. The van der Waals surface area contributed by atoms with Crippen molar-refractivity contribution >= 4 is 35.1 Å². The number of hydrogen-bond acceptors (Lipinski definition) is 4. The molecule has 1 aliphatic heterocycles. The highest BCUT2D eigenvalue weighted by molar-refractivity contribution is 6.31. The number of piperidine rings is 1.